The van der Waals surface area contributed by atoms with E-state index in [1.54, 1.807) is 4.90 Å². The molecule has 0 bridgehead atoms. The van der Waals surface area contributed by atoms with Crippen molar-refractivity contribution in [1.82, 2.24) is 15.5 Å². The van der Waals surface area contributed by atoms with Gasteiger partial charge in [0, 0.05) is 17.2 Å². The highest BCUT2D eigenvalue weighted by atomic mass is 19.4. The summed E-state index contributed by atoms with van der Waals surface area (Å²) in [5.74, 6) is -1.48. The maximum absolute atomic E-state index is 13.9. The van der Waals surface area contributed by atoms with Crippen LogP contribution in [0.4, 0.5) is 13.2 Å². The van der Waals surface area contributed by atoms with Gasteiger partial charge in [-0.2, -0.15) is 13.2 Å². The van der Waals surface area contributed by atoms with E-state index in [0.717, 1.165) is 41.5 Å². The molecule has 3 heterocycles. The van der Waals surface area contributed by atoms with Crippen LogP contribution >= 0.6 is 0 Å². The fraction of sp³-hybridized carbons (Fsp3) is 0.481. The minimum atomic E-state index is -4.59. The fourth-order valence-electron chi connectivity index (χ4n) is 5.72. The summed E-state index contributed by atoms with van der Waals surface area (Å²) in [4.78, 5) is 28.2. The van der Waals surface area contributed by atoms with E-state index in [1.165, 1.54) is 0 Å². The summed E-state index contributed by atoms with van der Waals surface area (Å²) < 4.78 is 47.7. The molecule has 9 heteroatoms. The Bertz CT molecular complexity index is 1180. The number of piperidine rings is 2. The van der Waals surface area contributed by atoms with Gasteiger partial charge in [-0.15, -0.1) is 0 Å². The SMILES string of the molecule is Cc1ccc2c(c1)Oc1cccc(C)c1C2NC(=O)C1CC(N2CCCCC2)C(C(F)(F)F)NC1=O. The number of hydrogen-bond acceptors (Lipinski definition) is 4. The van der Waals surface area contributed by atoms with Crippen LogP contribution in [-0.2, 0) is 9.59 Å². The first-order chi connectivity index (χ1) is 17.1. The van der Waals surface area contributed by atoms with Crippen molar-refractivity contribution in [2.24, 2.45) is 5.92 Å². The number of ether oxygens (including phenoxy) is 1. The van der Waals surface area contributed by atoms with Gasteiger partial charge < -0.3 is 15.4 Å². The number of halogens is 3. The quantitative estimate of drug-likeness (QED) is 0.606. The van der Waals surface area contributed by atoms with Crippen LogP contribution in [0.15, 0.2) is 36.4 Å². The van der Waals surface area contributed by atoms with E-state index >= 15 is 0 Å². The number of nitrogens with one attached hydrogen (secondary N) is 2. The smallest absolute Gasteiger partial charge is 0.410 e. The summed E-state index contributed by atoms with van der Waals surface area (Å²) in [6.45, 7) is 4.91. The highest BCUT2D eigenvalue weighted by Gasteiger charge is 2.53. The van der Waals surface area contributed by atoms with E-state index in [4.69, 9.17) is 4.74 Å². The van der Waals surface area contributed by atoms with Crippen molar-refractivity contribution >= 4 is 11.8 Å². The van der Waals surface area contributed by atoms with Crippen molar-refractivity contribution in [3.63, 3.8) is 0 Å². The molecule has 192 valence electrons. The van der Waals surface area contributed by atoms with E-state index in [1.807, 2.05) is 50.2 Å². The van der Waals surface area contributed by atoms with Gasteiger partial charge >= 0.3 is 6.18 Å². The van der Waals surface area contributed by atoms with E-state index in [0.29, 0.717) is 24.6 Å². The summed E-state index contributed by atoms with van der Waals surface area (Å²) >= 11 is 0. The minimum Gasteiger partial charge on any atom is -0.457 e. The third kappa shape index (κ3) is 4.56. The highest BCUT2D eigenvalue weighted by Crippen LogP contribution is 2.45. The van der Waals surface area contributed by atoms with Crippen LogP contribution in [0.5, 0.6) is 11.5 Å². The van der Waals surface area contributed by atoms with Gasteiger partial charge in [0.05, 0.1) is 6.04 Å². The first kappa shape index (κ1) is 24.6. The van der Waals surface area contributed by atoms with Gasteiger partial charge in [0.2, 0.25) is 11.8 Å². The molecule has 0 aromatic heterocycles. The van der Waals surface area contributed by atoms with Crippen LogP contribution in [0.1, 0.15) is 54.0 Å². The zero-order valence-electron chi connectivity index (χ0n) is 20.3. The number of fused-ring (bicyclic) bond motifs is 2. The number of hydrogen-bond donors (Lipinski definition) is 2. The van der Waals surface area contributed by atoms with Crippen molar-refractivity contribution in [2.45, 2.75) is 63.8 Å². The molecule has 0 radical (unpaired) electrons. The monoisotopic (exact) mass is 501 g/mol. The van der Waals surface area contributed by atoms with E-state index < -0.39 is 42.0 Å². The maximum atomic E-state index is 13.9. The number of alkyl halides is 3. The molecule has 6 nitrogen and oxygen atoms in total. The molecule has 36 heavy (non-hydrogen) atoms. The predicted octanol–water partition coefficient (Wildman–Crippen LogP) is 4.54. The van der Waals surface area contributed by atoms with Crippen LogP contribution in [0, 0.1) is 19.8 Å². The molecule has 2 aromatic rings. The number of nitrogens with zero attached hydrogens (tertiary/aromatic N) is 1. The zero-order chi connectivity index (χ0) is 25.6. The van der Waals surface area contributed by atoms with Crippen molar-refractivity contribution in [3.8, 4) is 11.5 Å². The lowest BCUT2D eigenvalue weighted by molar-refractivity contribution is -0.185. The average molecular weight is 502 g/mol. The van der Waals surface area contributed by atoms with Crippen molar-refractivity contribution < 1.29 is 27.5 Å². The normalized spacial score (nSPS) is 26.3. The van der Waals surface area contributed by atoms with Gasteiger partial charge in [-0.3, -0.25) is 14.5 Å². The molecule has 5 rings (SSSR count). The third-order valence-corrected chi connectivity index (χ3v) is 7.56. The third-order valence-electron chi connectivity index (χ3n) is 7.56. The van der Waals surface area contributed by atoms with Gasteiger partial charge in [-0.25, -0.2) is 0 Å². The van der Waals surface area contributed by atoms with Crippen molar-refractivity contribution in [2.75, 3.05) is 13.1 Å². The lowest BCUT2D eigenvalue weighted by atomic mass is 9.85. The second-order valence-corrected chi connectivity index (χ2v) is 10.1. The number of carbonyl (C=O) groups excluding carboxylic acids is 2. The van der Waals surface area contributed by atoms with Gasteiger partial charge in [-0.1, -0.05) is 30.7 Å². The van der Waals surface area contributed by atoms with Crippen LogP contribution < -0.4 is 15.4 Å². The Hall–Kier alpha value is -3.07. The second-order valence-electron chi connectivity index (χ2n) is 10.1. The van der Waals surface area contributed by atoms with Gasteiger partial charge in [0.15, 0.2) is 0 Å². The molecule has 0 spiro atoms. The van der Waals surface area contributed by atoms with E-state index in [2.05, 4.69) is 10.6 Å². The Morgan fingerprint density at radius 3 is 2.56 bits per heavy atom. The number of likely N-dealkylation sites (tertiary alicyclic amines) is 1. The lowest BCUT2D eigenvalue weighted by Gasteiger charge is -2.44. The average Bonchev–Trinajstić information content (AvgIpc) is 2.83. The first-order valence-corrected chi connectivity index (χ1v) is 12.4. The van der Waals surface area contributed by atoms with Crippen molar-refractivity contribution in [3.05, 3.63) is 58.7 Å². The summed E-state index contributed by atoms with van der Waals surface area (Å²) in [5, 5.41) is 5.13. The standard InChI is InChI=1S/C27H30F3N3O3/c1-15-9-10-17-21(13-15)36-20-8-6-7-16(2)22(20)23(17)31-25(34)18-14-19(33-11-4-3-5-12-33)24(27(28,29)30)32-26(18)35/h6-10,13,18-19,23-24H,3-5,11-12,14H2,1-2H3,(H,31,34)(H,32,35). The Labute approximate surface area is 208 Å². The Morgan fingerprint density at radius 2 is 1.83 bits per heavy atom. The molecule has 2 amide bonds. The number of carbonyl (C=O) groups is 2. The Morgan fingerprint density at radius 1 is 1.08 bits per heavy atom. The van der Waals surface area contributed by atoms with E-state index in [-0.39, 0.29) is 6.42 Å². The van der Waals surface area contributed by atoms with Crippen LogP contribution in [0.25, 0.3) is 0 Å². The second kappa shape index (κ2) is 9.42. The zero-order valence-corrected chi connectivity index (χ0v) is 20.3. The summed E-state index contributed by atoms with van der Waals surface area (Å²) in [6, 6.07) is 7.73. The number of aryl methyl sites for hydroxylation is 2. The molecule has 2 N–H and O–H groups in total. The summed E-state index contributed by atoms with van der Waals surface area (Å²) in [7, 11) is 0. The molecule has 4 unspecified atom stereocenters. The number of amides is 2. The highest BCUT2D eigenvalue weighted by molar-refractivity contribution is 6.01. The van der Waals surface area contributed by atoms with Crippen LogP contribution in [0.2, 0.25) is 0 Å². The number of rotatable bonds is 3. The molecule has 3 aliphatic rings. The molecule has 0 aliphatic carbocycles. The lowest BCUT2D eigenvalue weighted by Crippen LogP contribution is -2.66. The summed E-state index contributed by atoms with van der Waals surface area (Å²) in [6.07, 6.45) is -2.18. The van der Waals surface area contributed by atoms with Gasteiger partial charge in [-0.05, 0) is 69.5 Å². The van der Waals surface area contributed by atoms with Gasteiger partial charge in [0.1, 0.15) is 23.5 Å². The Kier molecular flexibility index (Phi) is 6.44. The maximum Gasteiger partial charge on any atom is 0.410 e. The first-order valence-electron chi connectivity index (χ1n) is 12.4. The van der Waals surface area contributed by atoms with E-state index in [9.17, 15) is 22.8 Å². The molecule has 2 aromatic carbocycles. The molecular weight excluding hydrogens is 471 g/mol. The Balaban J connectivity index is 1.45. The molecule has 2 saturated heterocycles. The minimum absolute atomic E-state index is 0.174. The fourth-order valence-corrected chi connectivity index (χ4v) is 5.72. The molecule has 4 atom stereocenters. The van der Waals surface area contributed by atoms with Crippen LogP contribution in [0.3, 0.4) is 0 Å². The molecule has 3 aliphatic heterocycles. The largest absolute Gasteiger partial charge is 0.457 e. The van der Waals surface area contributed by atoms with Crippen LogP contribution in [-0.4, -0.2) is 48.1 Å². The molecule has 0 saturated carbocycles. The van der Waals surface area contributed by atoms with Crippen molar-refractivity contribution in [1.29, 1.82) is 0 Å². The molecule has 2 fully saturated rings. The molecular formula is C27H30F3N3O3. The summed E-state index contributed by atoms with van der Waals surface area (Å²) in [5.41, 5.74) is 3.41. The topological polar surface area (TPSA) is 70.7 Å². The predicted molar refractivity (Wildman–Crippen MR) is 128 cm³/mol. The van der Waals surface area contributed by atoms with Gasteiger partial charge in [0.25, 0.3) is 0 Å². The number of benzene rings is 2.